The summed E-state index contributed by atoms with van der Waals surface area (Å²) < 4.78 is 10.9. The molecule has 0 radical (unpaired) electrons. The van der Waals surface area contributed by atoms with E-state index in [-0.39, 0.29) is 0 Å². The predicted octanol–water partition coefficient (Wildman–Crippen LogP) is 6.91. The Balaban J connectivity index is 1.68. The van der Waals surface area contributed by atoms with Crippen LogP contribution in [0.2, 0.25) is 0 Å². The second kappa shape index (κ2) is 8.71. The lowest BCUT2D eigenvalue weighted by molar-refractivity contribution is -0.0878. The van der Waals surface area contributed by atoms with Gasteiger partial charge in [0.05, 0.1) is 0 Å². The molecule has 1 saturated carbocycles. The van der Waals surface area contributed by atoms with Gasteiger partial charge in [0.25, 0.3) is 0 Å². The van der Waals surface area contributed by atoms with Gasteiger partial charge in [0.1, 0.15) is 11.7 Å². The molecule has 1 fully saturated rings. The van der Waals surface area contributed by atoms with Crippen molar-refractivity contribution in [2.24, 2.45) is 0 Å². The third-order valence-corrected chi connectivity index (χ3v) is 6.85. The lowest BCUT2D eigenvalue weighted by Gasteiger charge is -2.45. The minimum absolute atomic E-state index is 0.299. The molecule has 0 heterocycles. The van der Waals surface area contributed by atoms with Gasteiger partial charge < -0.3 is 19.7 Å². The number of hydrogen-bond donors (Lipinski definition) is 2. The van der Waals surface area contributed by atoms with E-state index in [1.165, 1.54) is 0 Å². The highest BCUT2D eigenvalue weighted by atomic mass is 16.7. The number of rotatable bonds is 4. The smallest absolute Gasteiger partial charge is 0.450 e. The van der Waals surface area contributed by atoms with E-state index in [0.29, 0.717) is 19.3 Å². The standard InChI is InChI=1S/C28H24O6/c29-26(30)33-24-13-14-28(34-27(31)32,23-12-11-19-6-2-4-8-21(19)16-23)25(17-24)22-10-9-18-5-1-3-7-20(18)15-22/h1-12,15-16,24-25H,13-14,17H2,(H,29,30)(H,31,32). The molecule has 34 heavy (non-hydrogen) atoms. The summed E-state index contributed by atoms with van der Waals surface area (Å²) in [5, 5.41) is 23.1. The largest absolute Gasteiger partial charge is 0.506 e. The molecule has 2 N–H and O–H groups in total. The van der Waals surface area contributed by atoms with Crippen LogP contribution in [0.15, 0.2) is 84.9 Å². The molecule has 6 heteroatoms. The predicted molar refractivity (Wildman–Crippen MR) is 128 cm³/mol. The number of ether oxygens (including phenoxy) is 2. The number of benzene rings is 4. The Hall–Kier alpha value is -4.06. The average Bonchev–Trinajstić information content (AvgIpc) is 2.83. The highest BCUT2D eigenvalue weighted by Gasteiger charge is 2.50. The van der Waals surface area contributed by atoms with Crippen LogP contribution in [0.25, 0.3) is 21.5 Å². The minimum Gasteiger partial charge on any atom is -0.450 e. The zero-order chi connectivity index (χ0) is 23.7. The van der Waals surface area contributed by atoms with Crippen LogP contribution in [0.3, 0.4) is 0 Å². The number of hydrogen-bond acceptors (Lipinski definition) is 4. The van der Waals surface area contributed by atoms with Gasteiger partial charge >= 0.3 is 12.3 Å². The van der Waals surface area contributed by atoms with Crippen LogP contribution >= 0.6 is 0 Å². The lowest BCUT2D eigenvalue weighted by atomic mass is 9.67. The Kier molecular flexibility index (Phi) is 5.57. The molecular weight excluding hydrogens is 432 g/mol. The quantitative estimate of drug-likeness (QED) is 0.324. The highest BCUT2D eigenvalue weighted by Crippen LogP contribution is 2.51. The van der Waals surface area contributed by atoms with E-state index in [0.717, 1.165) is 32.7 Å². The van der Waals surface area contributed by atoms with Gasteiger partial charge in [-0.1, -0.05) is 78.9 Å². The first-order valence-corrected chi connectivity index (χ1v) is 11.2. The van der Waals surface area contributed by atoms with Gasteiger partial charge in [-0.15, -0.1) is 0 Å². The maximum absolute atomic E-state index is 12.0. The fourth-order valence-corrected chi connectivity index (χ4v) is 5.34. The van der Waals surface area contributed by atoms with E-state index in [2.05, 4.69) is 0 Å². The summed E-state index contributed by atoms with van der Waals surface area (Å²) >= 11 is 0. The zero-order valence-corrected chi connectivity index (χ0v) is 18.4. The summed E-state index contributed by atoms with van der Waals surface area (Å²) in [4.78, 5) is 23.3. The first kappa shape index (κ1) is 21.8. The Morgan fingerprint density at radius 1 is 0.765 bits per heavy atom. The Bertz CT molecular complexity index is 1380. The Labute approximate surface area is 196 Å². The highest BCUT2D eigenvalue weighted by molar-refractivity contribution is 5.84. The van der Waals surface area contributed by atoms with E-state index in [4.69, 9.17) is 9.47 Å². The van der Waals surface area contributed by atoms with Crippen molar-refractivity contribution >= 4 is 33.9 Å². The van der Waals surface area contributed by atoms with Crippen LogP contribution in [0.4, 0.5) is 9.59 Å². The van der Waals surface area contributed by atoms with E-state index in [1.54, 1.807) is 0 Å². The summed E-state index contributed by atoms with van der Waals surface area (Å²) in [5.74, 6) is -0.438. The molecular formula is C28H24O6. The molecule has 4 aromatic rings. The van der Waals surface area contributed by atoms with E-state index in [1.807, 2.05) is 84.9 Å². The third-order valence-electron chi connectivity index (χ3n) is 6.85. The van der Waals surface area contributed by atoms with Gasteiger partial charge in [-0.3, -0.25) is 0 Å². The molecule has 172 valence electrons. The monoisotopic (exact) mass is 456 g/mol. The fourth-order valence-electron chi connectivity index (χ4n) is 5.34. The lowest BCUT2D eigenvalue weighted by Crippen LogP contribution is -2.45. The van der Waals surface area contributed by atoms with Crippen LogP contribution in [0.5, 0.6) is 0 Å². The van der Waals surface area contributed by atoms with Crippen LogP contribution in [-0.4, -0.2) is 28.6 Å². The third kappa shape index (κ3) is 4.03. The van der Waals surface area contributed by atoms with E-state index >= 15 is 0 Å². The molecule has 0 spiro atoms. The number of fused-ring (bicyclic) bond motifs is 2. The SMILES string of the molecule is O=C(O)OC1CCC(OC(=O)O)(c2ccc3ccccc3c2)C(c2ccc3ccccc3c2)C1. The van der Waals surface area contributed by atoms with Crippen LogP contribution < -0.4 is 0 Å². The molecule has 0 amide bonds. The topological polar surface area (TPSA) is 93.1 Å². The normalized spacial score (nSPS) is 22.4. The van der Waals surface area contributed by atoms with Crippen molar-refractivity contribution in [3.63, 3.8) is 0 Å². The van der Waals surface area contributed by atoms with Gasteiger partial charge in [-0.2, -0.15) is 0 Å². The summed E-state index contributed by atoms with van der Waals surface area (Å²) in [6.07, 6.45) is -2.29. The second-order valence-electron chi connectivity index (χ2n) is 8.76. The molecule has 3 unspecified atom stereocenters. The molecule has 6 nitrogen and oxygen atoms in total. The van der Waals surface area contributed by atoms with Gasteiger partial charge in [0, 0.05) is 5.92 Å². The van der Waals surface area contributed by atoms with Crippen molar-refractivity contribution in [3.05, 3.63) is 96.1 Å². The zero-order valence-electron chi connectivity index (χ0n) is 18.4. The van der Waals surface area contributed by atoms with Crippen molar-refractivity contribution in [1.29, 1.82) is 0 Å². The van der Waals surface area contributed by atoms with Gasteiger partial charge in [-0.25, -0.2) is 9.59 Å². The molecule has 0 aromatic heterocycles. The summed E-state index contributed by atoms with van der Waals surface area (Å²) in [5.41, 5.74) is 0.448. The maximum atomic E-state index is 12.0. The molecule has 0 bridgehead atoms. The van der Waals surface area contributed by atoms with E-state index < -0.39 is 29.9 Å². The summed E-state index contributed by atoms with van der Waals surface area (Å²) in [7, 11) is 0. The number of carboxylic acid groups (broad SMARTS) is 2. The first-order valence-electron chi connectivity index (χ1n) is 11.2. The van der Waals surface area contributed by atoms with Crippen molar-refractivity contribution in [2.75, 3.05) is 0 Å². The molecule has 0 aliphatic heterocycles. The van der Waals surface area contributed by atoms with Gasteiger partial charge in [0.2, 0.25) is 0 Å². The Morgan fingerprint density at radius 3 is 2.03 bits per heavy atom. The van der Waals surface area contributed by atoms with Crippen molar-refractivity contribution in [1.82, 2.24) is 0 Å². The molecule has 0 saturated heterocycles. The van der Waals surface area contributed by atoms with E-state index in [9.17, 15) is 19.8 Å². The van der Waals surface area contributed by atoms with Gasteiger partial charge in [-0.05, 0) is 58.0 Å². The van der Waals surface area contributed by atoms with Crippen molar-refractivity contribution in [3.8, 4) is 0 Å². The van der Waals surface area contributed by atoms with Crippen LogP contribution in [0.1, 0.15) is 36.3 Å². The molecule has 3 atom stereocenters. The fraction of sp³-hybridized carbons (Fsp3) is 0.214. The molecule has 5 rings (SSSR count). The van der Waals surface area contributed by atoms with Crippen molar-refractivity contribution in [2.45, 2.75) is 36.9 Å². The average molecular weight is 456 g/mol. The number of carbonyl (C=O) groups is 2. The summed E-state index contributed by atoms with van der Waals surface area (Å²) in [6.45, 7) is 0. The first-order chi connectivity index (χ1) is 16.4. The molecule has 1 aliphatic rings. The Morgan fingerprint density at radius 2 is 1.38 bits per heavy atom. The summed E-state index contributed by atoms with van der Waals surface area (Å²) in [6, 6.07) is 27.7. The van der Waals surface area contributed by atoms with Gasteiger partial charge in [0.15, 0.2) is 0 Å². The second-order valence-corrected chi connectivity index (χ2v) is 8.76. The molecule has 1 aliphatic carbocycles. The molecule has 4 aromatic carbocycles. The van der Waals surface area contributed by atoms with Crippen LogP contribution in [0, 0.1) is 0 Å². The minimum atomic E-state index is -1.36. The van der Waals surface area contributed by atoms with Crippen LogP contribution in [-0.2, 0) is 15.1 Å². The van der Waals surface area contributed by atoms with Crippen molar-refractivity contribution < 1.29 is 29.3 Å². The maximum Gasteiger partial charge on any atom is 0.506 e.